The van der Waals surface area contributed by atoms with Gasteiger partial charge in [-0.15, -0.1) is 0 Å². The van der Waals surface area contributed by atoms with Crippen molar-refractivity contribution in [1.29, 1.82) is 0 Å². The van der Waals surface area contributed by atoms with Crippen LogP contribution in [0.15, 0.2) is 39.3 Å². The van der Waals surface area contributed by atoms with Crippen LogP contribution in [0.5, 0.6) is 0 Å². The van der Waals surface area contributed by atoms with Crippen LogP contribution in [0.4, 0.5) is 4.39 Å². The molecule has 1 heterocycles. The van der Waals surface area contributed by atoms with Crippen molar-refractivity contribution in [3.63, 3.8) is 0 Å². The number of nitrogens with zero attached hydrogens (tertiary/aromatic N) is 1. The second kappa shape index (κ2) is 5.26. The number of hydrogen-bond donors (Lipinski definition) is 1. The first-order valence-electron chi connectivity index (χ1n) is 5.52. The van der Waals surface area contributed by atoms with E-state index in [1.54, 1.807) is 6.07 Å². The Hall–Kier alpha value is -0.690. The van der Waals surface area contributed by atoms with Crippen LogP contribution in [-0.2, 0) is 0 Å². The number of nitrogens with one attached hydrogen (secondary N) is 1. The lowest BCUT2D eigenvalue weighted by Crippen LogP contribution is -1.95. The molecule has 0 radical (unpaired) electrons. The molecule has 1 N–H and O–H groups in total. The second-order valence-electron chi connectivity index (χ2n) is 4.14. The average molecular weight is 437 g/mol. The fourth-order valence-electron chi connectivity index (χ4n) is 2.00. The summed E-state index contributed by atoms with van der Waals surface area (Å²) in [7, 11) is 0. The maximum atomic E-state index is 13.5. The van der Waals surface area contributed by atoms with Crippen molar-refractivity contribution in [1.82, 2.24) is 9.55 Å². The van der Waals surface area contributed by atoms with Crippen molar-refractivity contribution in [3.8, 4) is 5.69 Å². The minimum atomic E-state index is -0.475. The van der Waals surface area contributed by atoms with E-state index in [0.717, 1.165) is 20.1 Å². The molecular weight excluding hydrogens is 430 g/mol. The van der Waals surface area contributed by atoms with Gasteiger partial charge in [-0.3, -0.25) is 4.57 Å². The van der Waals surface area contributed by atoms with Crippen molar-refractivity contribution >= 4 is 66.7 Å². The van der Waals surface area contributed by atoms with Gasteiger partial charge in [-0.25, -0.2) is 4.39 Å². The van der Waals surface area contributed by atoms with E-state index < -0.39 is 5.82 Å². The molecule has 20 heavy (non-hydrogen) atoms. The molecule has 2 aromatic carbocycles. The summed E-state index contributed by atoms with van der Waals surface area (Å²) in [5, 5.41) is 0.0634. The standard InChI is InChI=1S/C13H6Br2ClFN2S/c14-6-1-2-11(7(15)3-6)19-12-4-8(16)9(17)5-10(12)18-13(19)20/h1-5H,(H,18,20). The van der Waals surface area contributed by atoms with Crippen LogP contribution in [0.25, 0.3) is 16.7 Å². The predicted molar refractivity (Wildman–Crippen MR) is 88.8 cm³/mol. The Kier molecular flexibility index (Phi) is 3.75. The number of aromatic amines is 1. The number of benzene rings is 2. The van der Waals surface area contributed by atoms with Gasteiger partial charge in [0.05, 0.1) is 21.7 Å². The Morgan fingerprint density at radius 3 is 2.65 bits per heavy atom. The molecule has 0 bridgehead atoms. The smallest absolute Gasteiger partial charge is 0.182 e. The fourth-order valence-corrected chi connectivity index (χ4v) is 3.69. The number of hydrogen-bond acceptors (Lipinski definition) is 1. The maximum absolute atomic E-state index is 13.5. The quantitative estimate of drug-likeness (QED) is 0.464. The Labute approximate surface area is 140 Å². The van der Waals surface area contributed by atoms with Gasteiger partial charge in [0, 0.05) is 15.0 Å². The Morgan fingerprint density at radius 2 is 1.95 bits per heavy atom. The van der Waals surface area contributed by atoms with Crippen molar-refractivity contribution in [2.24, 2.45) is 0 Å². The summed E-state index contributed by atoms with van der Waals surface area (Å²) >= 11 is 18.1. The van der Waals surface area contributed by atoms with E-state index in [1.165, 1.54) is 6.07 Å². The number of imidazole rings is 1. The van der Waals surface area contributed by atoms with E-state index >= 15 is 0 Å². The lowest BCUT2D eigenvalue weighted by atomic mass is 10.2. The third kappa shape index (κ3) is 2.35. The number of aromatic nitrogens is 2. The van der Waals surface area contributed by atoms with E-state index in [2.05, 4.69) is 36.8 Å². The molecule has 0 aliphatic heterocycles. The van der Waals surface area contributed by atoms with Crippen LogP contribution >= 0.6 is 55.7 Å². The zero-order valence-corrected chi connectivity index (χ0v) is 14.5. The monoisotopic (exact) mass is 434 g/mol. The van der Waals surface area contributed by atoms with Crippen molar-refractivity contribution in [2.75, 3.05) is 0 Å². The molecule has 3 aromatic rings. The maximum Gasteiger partial charge on any atom is 0.182 e. The van der Waals surface area contributed by atoms with Crippen LogP contribution in [0, 0.1) is 10.6 Å². The Bertz CT molecular complexity index is 888. The SMILES string of the molecule is Fc1cc2[nH]c(=S)n(-c3ccc(Br)cc3Br)c2cc1Cl. The summed E-state index contributed by atoms with van der Waals surface area (Å²) in [5.41, 5.74) is 2.18. The molecule has 2 nitrogen and oxygen atoms in total. The van der Waals surface area contributed by atoms with Gasteiger partial charge in [-0.1, -0.05) is 27.5 Å². The molecule has 0 saturated heterocycles. The third-order valence-electron chi connectivity index (χ3n) is 2.87. The largest absolute Gasteiger partial charge is 0.330 e. The zero-order chi connectivity index (χ0) is 14.4. The van der Waals surface area contributed by atoms with E-state index in [-0.39, 0.29) is 5.02 Å². The van der Waals surface area contributed by atoms with Crippen LogP contribution in [0.2, 0.25) is 5.02 Å². The first kappa shape index (κ1) is 14.3. The molecule has 0 aliphatic rings. The minimum absolute atomic E-state index is 0.0634. The zero-order valence-electron chi connectivity index (χ0n) is 9.75. The molecule has 7 heteroatoms. The van der Waals surface area contributed by atoms with E-state index in [4.69, 9.17) is 23.8 Å². The van der Waals surface area contributed by atoms with Gasteiger partial charge >= 0.3 is 0 Å². The molecule has 0 amide bonds. The highest BCUT2D eigenvalue weighted by molar-refractivity contribution is 9.11. The van der Waals surface area contributed by atoms with Crippen molar-refractivity contribution in [2.45, 2.75) is 0 Å². The van der Waals surface area contributed by atoms with Gasteiger partial charge in [-0.2, -0.15) is 0 Å². The molecule has 3 rings (SSSR count). The third-order valence-corrected chi connectivity index (χ3v) is 4.58. The first-order valence-corrected chi connectivity index (χ1v) is 7.90. The summed E-state index contributed by atoms with van der Waals surface area (Å²) in [6, 6.07) is 8.64. The predicted octanol–water partition coefficient (Wildman–Crippen LogP) is 6.01. The molecule has 0 fully saturated rings. The van der Waals surface area contributed by atoms with Crippen molar-refractivity contribution < 1.29 is 4.39 Å². The molecule has 0 saturated carbocycles. The molecular formula is C13H6Br2ClFN2S. The minimum Gasteiger partial charge on any atom is -0.330 e. The summed E-state index contributed by atoms with van der Waals surface area (Å²) in [6.07, 6.45) is 0. The van der Waals surface area contributed by atoms with Gasteiger partial charge in [0.1, 0.15) is 5.82 Å². The van der Waals surface area contributed by atoms with Crippen LogP contribution < -0.4 is 0 Å². The summed E-state index contributed by atoms with van der Waals surface area (Å²) in [4.78, 5) is 2.98. The summed E-state index contributed by atoms with van der Waals surface area (Å²) in [5.74, 6) is -0.475. The van der Waals surface area contributed by atoms with Gasteiger partial charge in [-0.05, 0) is 52.4 Å². The van der Waals surface area contributed by atoms with Gasteiger partial charge in [0.15, 0.2) is 4.77 Å². The number of fused-ring (bicyclic) bond motifs is 1. The second-order valence-corrected chi connectivity index (χ2v) is 6.71. The fraction of sp³-hybridized carbons (Fsp3) is 0. The summed E-state index contributed by atoms with van der Waals surface area (Å²) < 4.78 is 17.6. The van der Waals surface area contributed by atoms with Crippen LogP contribution in [0.1, 0.15) is 0 Å². The number of H-pyrrole nitrogens is 1. The Balaban J connectivity index is 2.39. The average Bonchev–Trinajstić information content (AvgIpc) is 2.66. The molecule has 0 atom stereocenters. The van der Waals surface area contributed by atoms with Crippen LogP contribution in [-0.4, -0.2) is 9.55 Å². The molecule has 0 aliphatic carbocycles. The molecule has 0 unspecified atom stereocenters. The van der Waals surface area contributed by atoms with Gasteiger partial charge in [0.2, 0.25) is 0 Å². The normalized spacial score (nSPS) is 11.2. The first-order chi connectivity index (χ1) is 9.47. The summed E-state index contributed by atoms with van der Waals surface area (Å²) in [6.45, 7) is 0. The number of rotatable bonds is 1. The highest BCUT2D eigenvalue weighted by Crippen LogP contribution is 2.30. The molecule has 0 spiro atoms. The van der Waals surface area contributed by atoms with Crippen molar-refractivity contribution in [3.05, 3.63) is 54.9 Å². The number of halogens is 4. The molecule has 102 valence electrons. The highest BCUT2D eigenvalue weighted by atomic mass is 79.9. The Morgan fingerprint density at radius 1 is 1.20 bits per heavy atom. The van der Waals surface area contributed by atoms with Crippen LogP contribution in [0.3, 0.4) is 0 Å². The highest BCUT2D eigenvalue weighted by Gasteiger charge is 2.12. The van der Waals surface area contributed by atoms with E-state index in [9.17, 15) is 4.39 Å². The van der Waals surface area contributed by atoms with E-state index in [0.29, 0.717) is 10.3 Å². The topological polar surface area (TPSA) is 20.7 Å². The lowest BCUT2D eigenvalue weighted by molar-refractivity contribution is 0.630. The van der Waals surface area contributed by atoms with Gasteiger partial charge < -0.3 is 4.98 Å². The van der Waals surface area contributed by atoms with Gasteiger partial charge in [0.25, 0.3) is 0 Å². The van der Waals surface area contributed by atoms with E-state index in [1.807, 2.05) is 22.8 Å². The lowest BCUT2D eigenvalue weighted by Gasteiger charge is -2.08. The molecule has 1 aromatic heterocycles.